The summed E-state index contributed by atoms with van der Waals surface area (Å²) in [5, 5.41) is 9.30. The Hall–Kier alpha value is -0.670. The van der Waals surface area contributed by atoms with Gasteiger partial charge >= 0.3 is 0 Å². The van der Waals surface area contributed by atoms with Crippen molar-refractivity contribution in [3.8, 4) is 0 Å². The number of nitrogens with zero attached hydrogens (tertiary/aromatic N) is 2. The molecule has 2 atom stereocenters. The number of hydrogen-bond acceptors (Lipinski definition) is 2. The van der Waals surface area contributed by atoms with Crippen LogP contribution in [0.15, 0.2) is 17.1 Å². The topological polar surface area (TPSA) is 32.6 Å². The van der Waals surface area contributed by atoms with E-state index in [0.717, 1.165) is 30.5 Å². The number of aliphatic hydroxyl groups excluding tert-OH is 1. The molecule has 1 N–H and O–H groups in total. The van der Waals surface area contributed by atoms with Crippen molar-refractivity contribution in [2.24, 2.45) is 4.99 Å². The summed E-state index contributed by atoms with van der Waals surface area (Å²) in [5.74, 6) is 0. The average Bonchev–Trinajstić information content (AvgIpc) is 2.93. The van der Waals surface area contributed by atoms with Crippen LogP contribution in [0.25, 0.3) is 0 Å². The maximum atomic E-state index is 9.30. The molecule has 1 rings (SSSR count). The first-order valence-electron chi connectivity index (χ1n) is 9.42. The molecule has 2 unspecified atom stereocenters. The minimum absolute atomic E-state index is 0.269. The molecule has 0 bridgehead atoms. The molecule has 22 heavy (non-hydrogen) atoms. The summed E-state index contributed by atoms with van der Waals surface area (Å²) < 4.78 is 0.956. The van der Waals surface area contributed by atoms with Crippen molar-refractivity contribution < 1.29 is 9.59 Å². The van der Waals surface area contributed by atoms with Crippen molar-refractivity contribution in [3.05, 3.63) is 12.2 Å². The van der Waals surface area contributed by atoms with Crippen LogP contribution in [-0.4, -0.2) is 48.2 Å². The monoisotopic (exact) mass is 309 g/mol. The third kappa shape index (κ3) is 6.62. The lowest BCUT2D eigenvalue weighted by molar-refractivity contribution is -0.936. The molecule has 0 amide bonds. The lowest BCUT2D eigenvalue weighted by atomic mass is 10.1. The fourth-order valence-electron chi connectivity index (χ4n) is 3.40. The quantitative estimate of drug-likeness (QED) is 0.307. The van der Waals surface area contributed by atoms with Gasteiger partial charge in [-0.3, -0.25) is 4.48 Å². The highest BCUT2D eigenvalue weighted by Gasteiger charge is 2.36. The Morgan fingerprint density at radius 1 is 1.09 bits per heavy atom. The number of likely N-dealkylation sites (N-methyl/N-ethyl adjacent to an activating group) is 1. The molecule has 0 saturated heterocycles. The second kappa shape index (κ2) is 11.8. The highest BCUT2D eigenvalue weighted by Crippen LogP contribution is 2.23. The summed E-state index contributed by atoms with van der Waals surface area (Å²) in [6.07, 6.45) is 18.7. The lowest BCUT2D eigenvalue weighted by Gasteiger charge is -2.37. The Bertz CT molecular complexity index is 327. The molecule has 1 aliphatic heterocycles. The highest BCUT2D eigenvalue weighted by molar-refractivity contribution is 5.60. The van der Waals surface area contributed by atoms with Gasteiger partial charge in [-0.05, 0) is 32.6 Å². The first kappa shape index (κ1) is 19.4. The zero-order chi connectivity index (χ0) is 16.1. The molecule has 0 radical (unpaired) electrons. The van der Waals surface area contributed by atoms with Gasteiger partial charge < -0.3 is 5.11 Å². The predicted octanol–water partition coefficient (Wildman–Crippen LogP) is 4.31. The molecule has 0 aromatic heterocycles. The maximum absolute atomic E-state index is 9.30. The van der Waals surface area contributed by atoms with Crippen molar-refractivity contribution in [3.63, 3.8) is 0 Å². The minimum atomic E-state index is 0.269. The Kier molecular flexibility index (Phi) is 10.4. The van der Waals surface area contributed by atoms with Gasteiger partial charge in [0.05, 0.1) is 19.4 Å². The van der Waals surface area contributed by atoms with Crippen LogP contribution >= 0.6 is 0 Å². The molecule has 1 heterocycles. The van der Waals surface area contributed by atoms with Crippen molar-refractivity contribution in [1.29, 1.82) is 0 Å². The molecule has 0 saturated carbocycles. The van der Waals surface area contributed by atoms with E-state index in [1.165, 1.54) is 51.4 Å². The van der Waals surface area contributed by atoms with Crippen molar-refractivity contribution in [1.82, 2.24) is 0 Å². The average molecular weight is 310 g/mol. The summed E-state index contributed by atoms with van der Waals surface area (Å²) in [4.78, 5) is 4.67. The number of allylic oxidation sites excluding steroid dienone is 2. The smallest absolute Gasteiger partial charge is 0.182 e. The van der Waals surface area contributed by atoms with Crippen LogP contribution < -0.4 is 0 Å². The van der Waals surface area contributed by atoms with Gasteiger partial charge in [-0.25, -0.2) is 4.99 Å². The van der Waals surface area contributed by atoms with Gasteiger partial charge in [-0.15, -0.1) is 0 Å². The fourth-order valence-corrected chi connectivity index (χ4v) is 3.40. The SMILES string of the molecule is CCCCCCC/C=C/CCCC1N=CC[N+]1(CC)CCO. The van der Waals surface area contributed by atoms with Crippen LogP contribution in [-0.2, 0) is 0 Å². The second-order valence-corrected chi connectivity index (χ2v) is 6.58. The molecular formula is C19H37N2O+. The molecule has 0 aromatic carbocycles. The largest absolute Gasteiger partial charge is 0.391 e. The third-order valence-electron chi connectivity index (χ3n) is 5.00. The maximum Gasteiger partial charge on any atom is 0.182 e. The number of unbranched alkanes of at least 4 members (excludes halogenated alkanes) is 6. The summed E-state index contributed by atoms with van der Waals surface area (Å²) in [5.41, 5.74) is 0. The summed E-state index contributed by atoms with van der Waals surface area (Å²) in [6.45, 7) is 7.66. The molecule has 0 fully saturated rings. The van der Waals surface area contributed by atoms with E-state index in [-0.39, 0.29) is 6.61 Å². The molecule has 0 aliphatic carbocycles. The number of hydrogen-bond donors (Lipinski definition) is 1. The zero-order valence-corrected chi connectivity index (χ0v) is 14.8. The highest BCUT2D eigenvalue weighted by atomic mass is 16.3. The van der Waals surface area contributed by atoms with Crippen molar-refractivity contribution in [2.45, 2.75) is 77.8 Å². The minimum Gasteiger partial charge on any atom is -0.391 e. The summed E-state index contributed by atoms with van der Waals surface area (Å²) >= 11 is 0. The number of aliphatic imine (C=N–C) groups is 1. The van der Waals surface area contributed by atoms with Crippen LogP contribution in [0.1, 0.15) is 71.6 Å². The van der Waals surface area contributed by atoms with Gasteiger partial charge in [0.2, 0.25) is 0 Å². The second-order valence-electron chi connectivity index (χ2n) is 6.58. The van der Waals surface area contributed by atoms with Gasteiger partial charge in [-0.1, -0.05) is 44.8 Å². The molecule has 0 spiro atoms. The molecule has 128 valence electrons. The van der Waals surface area contributed by atoms with E-state index < -0.39 is 0 Å². The first-order chi connectivity index (χ1) is 10.8. The van der Waals surface area contributed by atoms with Crippen molar-refractivity contribution >= 4 is 6.21 Å². The normalized spacial score (nSPS) is 24.6. The van der Waals surface area contributed by atoms with Crippen LogP contribution in [0.3, 0.4) is 0 Å². The first-order valence-corrected chi connectivity index (χ1v) is 9.42. The Morgan fingerprint density at radius 3 is 2.50 bits per heavy atom. The van der Waals surface area contributed by atoms with E-state index in [4.69, 9.17) is 0 Å². The van der Waals surface area contributed by atoms with E-state index in [9.17, 15) is 5.11 Å². The molecule has 1 aliphatic rings. The summed E-state index contributed by atoms with van der Waals surface area (Å²) in [7, 11) is 0. The van der Waals surface area contributed by atoms with Gasteiger partial charge in [0, 0.05) is 6.42 Å². The van der Waals surface area contributed by atoms with E-state index >= 15 is 0 Å². The predicted molar refractivity (Wildman–Crippen MR) is 96.3 cm³/mol. The molecular weight excluding hydrogens is 272 g/mol. The van der Waals surface area contributed by atoms with Gasteiger partial charge in [0.25, 0.3) is 0 Å². The molecule has 3 heteroatoms. The van der Waals surface area contributed by atoms with E-state index in [1.54, 1.807) is 0 Å². The van der Waals surface area contributed by atoms with Gasteiger partial charge in [-0.2, -0.15) is 0 Å². The standard InChI is InChI=1S/C19H37N2O/c1-3-5-6-7-8-9-10-11-12-13-14-19-20-15-16-21(19,4-2)17-18-22/h10-11,15,19,22H,3-9,12-14,16-18H2,1-2H3/q+1/b11-10+. The van der Waals surface area contributed by atoms with Gasteiger partial charge in [0.1, 0.15) is 13.1 Å². The number of aliphatic hydroxyl groups is 1. The Morgan fingerprint density at radius 2 is 1.82 bits per heavy atom. The third-order valence-corrected chi connectivity index (χ3v) is 5.00. The van der Waals surface area contributed by atoms with E-state index in [0.29, 0.717) is 6.17 Å². The number of quaternary nitrogens is 1. The molecule has 3 nitrogen and oxygen atoms in total. The zero-order valence-electron chi connectivity index (χ0n) is 14.8. The molecule has 0 aromatic rings. The lowest BCUT2D eigenvalue weighted by Crippen LogP contribution is -2.53. The van der Waals surface area contributed by atoms with E-state index in [2.05, 4.69) is 37.2 Å². The van der Waals surface area contributed by atoms with E-state index in [1.807, 2.05) is 0 Å². The Balaban J connectivity index is 2.12. The van der Waals surface area contributed by atoms with Crippen LogP contribution in [0, 0.1) is 0 Å². The fraction of sp³-hybridized carbons (Fsp3) is 0.842. The number of rotatable bonds is 13. The summed E-state index contributed by atoms with van der Waals surface area (Å²) in [6, 6.07) is 0. The van der Waals surface area contributed by atoms with Crippen LogP contribution in [0.5, 0.6) is 0 Å². The Labute approximate surface area is 137 Å². The van der Waals surface area contributed by atoms with Crippen molar-refractivity contribution in [2.75, 3.05) is 26.2 Å². The van der Waals surface area contributed by atoms with Gasteiger partial charge in [0.15, 0.2) is 6.17 Å². The van der Waals surface area contributed by atoms with Crippen LogP contribution in [0.2, 0.25) is 0 Å². The van der Waals surface area contributed by atoms with Crippen LogP contribution in [0.4, 0.5) is 0 Å².